The van der Waals surface area contributed by atoms with Crippen LogP contribution in [0.2, 0.25) is 18.1 Å². The lowest BCUT2D eigenvalue weighted by Gasteiger charge is -2.55. The van der Waals surface area contributed by atoms with Gasteiger partial charge in [0.25, 0.3) is 5.88 Å². The van der Waals surface area contributed by atoms with Crippen LogP contribution in [-0.2, 0) is 22.1 Å². The molecule has 6 rings (SSSR count). The maximum absolute atomic E-state index is 18.1. The Balaban J connectivity index is 1.67. The van der Waals surface area contributed by atoms with Crippen LogP contribution in [-0.4, -0.2) is 104 Å². The molecule has 65 heavy (non-hydrogen) atoms. The summed E-state index contributed by atoms with van der Waals surface area (Å²) in [5.74, 6) is -3.24. The van der Waals surface area contributed by atoms with Crippen LogP contribution in [0, 0.1) is 23.6 Å². The van der Waals surface area contributed by atoms with Crippen LogP contribution >= 0.6 is 0 Å². The van der Waals surface area contributed by atoms with Crippen LogP contribution in [0.5, 0.6) is 11.6 Å². The van der Waals surface area contributed by atoms with E-state index in [9.17, 15) is 9.90 Å². The summed E-state index contributed by atoms with van der Waals surface area (Å²) < 4.78 is 50.3. The Morgan fingerprint density at radius 3 is 2.28 bits per heavy atom. The molecule has 3 aliphatic carbocycles. The van der Waals surface area contributed by atoms with Gasteiger partial charge in [-0.05, 0) is 102 Å². The van der Waals surface area contributed by atoms with Crippen molar-refractivity contribution in [3.05, 3.63) is 57.8 Å². The number of anilines is 1. The van der Waals surface area contributed by atoms with E-state index < -0.39 is 71.7 Å². The van der Waals surface area contributed by atoms with Crippen LogP contribution < -0.4 is 14.4 Å². The molecule has 4 aliphatic rings. The highest BCUT2D eigenvalue weighted by molar-refractivity contribution is 6.74. The van der Waals surface area contributed by atoms with E-state index in [1.165, 1.54) is 4.90 Å². The number of halogens is 1. The van der Waals surface area contributed by atoms with Gasteiger partial charge in [0.2, 0.25) is 5.78 Å². The van der Waals surface area contributed by atoms with E-state index in [0.29, 0.717) is 38.2 Å². The molecular formula is C50H75FN4O9Si. The van der Waals surface area contributed by atoms with Gasteiger partial charge >= 0.3 is 6.09 Å². The predicted molar refractivity (Wildman–Crippen MR) is 252 cm³/mol. The van der Waals surface area contributed by atoms with Gasteiger partial charge in [-0.25, -0.2) is 9.18 Å². The number of fused-ring (bicyclic) bond motifs is 5. The van der Waals surface area contributed by atoms with Crippen molar-refractivity contribution in [3.63, 3.8) is 0 Å². The number of allylic oxidation sites excluding steroid dienone is 1. The first kappa shape index (κ1) is 50.4. The molecule has 1 aromatic heterocycles. The number of carbonyl (C=O) groups is 3. The molecular weight excluding hydrogens is 848 g/mol. The highest BCUT2D eigenvalue weighted by Gasteiger charge is 2.67. The first-order valence-electron chi connectivity index (χ1n) is 23.7. The summed E-state index contributed by atoms with van der Waals surface area (Å²) in [5.41, 5.74) is -2.43. The summed E-state index contributed by atoms with van der Waals surface area (Å²) in [6.07, 6.45) is 4.91. The lowest BCUT2D eigenvalue weighted by molar-refractivity contribution is -0.0481. The molecule has 0 saturated heterocycles. The number of rotatable bonds is 15. The van der Waals surface area contributed by atoms with E-state index >= 15 is 14.0 Å². The molecule has 13 nitrogen and oxygen atoms in total. The Morgan fingerprint density at radius 2 is 1.71 bits per heavy atom. The smallest absolute Gasteiger partial charge is 0.414 e. The van der Waals surface area contributed by atoms with E-state index in [1.54, 1.807) is 26.8 Å². The van der Waals surface area contributed by atoms with Crippen LogP contribution in [0.4, 0.5) is 14.9 Å². The monoisotopic (exact) mass is 923 g/mol. The first-order valence-corrected chi connectivity index (χ1v) is 26.6. The number of hydrogen-bond donors (Lipinski definition) is 1. The van der Waals surface area contributed by atoms with Crippen molar-refractivity contribution in [2.24, 2.45) is 17.8 Å². The molecule has 0 spiro atoms. The number of aromatic nitrogens is 1. The molecule has 0 fully saturated rings. The number of amides is 1. The maximum Gasteiger partial charge on any atom is 0.414 e. The molecule has 1 amide bonds. The molecule has 2 heterocycles. The zero-order valence-corrected chi connectivity index (χ0v) is 42.5. The fourth-order valence-electron chi connectivity index (χ4n) is 9.93. The molecule has 5 atom stereocenters. The largest absolute Gasteiger partial charge is 0.508 e. The molecule has 1 aliphatic heterocycles. The second-order valence-corrected chi connectivity index (χ2v) is 26.4. The second-order valence-electron chi connectivity index (χ2n) is 21.7. The number of nitrogens with zero attached hydrogens (tertiary/aromatic N) is 4. The van der Waals surface area contributed by atoms with Gasteiger partial charge in [0.15, 0.2) is 31.2 Å². The van der Waals surface area contributed by atoms with Crippen LogP contribution in [0.15, 0.2) is 28.5 Å². The molecule has 2 aromatic rings. The van der Waals surface area contributed by atoms with Gasteiger partial charge in [0.1, 0.15) is 22.7 Å². The molecule has 360 valence electrons. The zero-order chi connectivity index (χ0) is 48.1. The minimum atomic E-state index is -2.99. The molecule has 0 saturated carbocycles. The maximum atomic E-state index is 18.1. The third-order valence-electron chi connectivity index (χ3n) is 14.0. The van der Waals surface area contributed by atoms with Crippen molar-refractivity contribution in [2.75, 3.05) is 45.3 Å². The Morgan fingerprint density at radius 1 is 1.06 bits per heavy atom. The summed E-state index contributed by atoms with van der Waals surface area (Å²) in [7, 11) is 0.745. The Hall–Kier alpha value is -4.05. The fraction of sp³-hybridized carbons (Fsp3) is 0.680. The highest BCUT2D eigenvalue weighted by Crippen LogP contribution is 2.60. The van der Waals surface area contributed by atoms with E-state index in [0.717, 1.165) is 12.8 Å². The van der Waals surface area contributed by atoms with Crippen molar-refractivity contribution in [1.82, 2.24) is 15.0 Å². The normalized spacial score (nSPS) is 23.7. The number of carbonyl (C=O) groups excluding carboxylic acids is 3. The van der Waals surface area contributed by atoms with Crippen LogP contribution in [0.1, 0.15) is 151 Å². The van der Waals surface area contributed by atoms with Gasteiger partial charge in [-0.1, -0.05) is 67.4 Å². The van der Waals surface area contributed by atoms with Crippen LogP contribution in [0.25, 0.3) is 0 Å². The summed E-state index contributed by atoms with van der Waals surface area (Å²) in [6.45, 7) is 28.9. The van der Waals surface area contributed by atoms with E-state index in [2.05, 4.69) is 51.3 Å². The van der Waals surface area contributed by atoms with E-state index in [4.69, 9.17) is 23.2 Å². The fourth-order valence-corrected chi connectivity index (χ4v) is 11.4. The van der Waals surface area contributed by atoms with Gasteiger partial charge in [-0.15, -0.1) is 6.58 Å². The first-order chi connectivity index (χ1) is 30.4. The van der Waals surface area contributed by atoms with Crippen molar-refractivity contribution in [2.45, 2.75) is 162 Å². The summed E-state index contributed by atoms with van der Waals surface area (Å²) in [4.78, 5) is 51.5. The molecule has 0 bridgehead atoms. The number of aliphatic hydroxyl groups is 1. The van der Waals surface area contributed by atoms with Crippen molar-refractivity contribution in [3.8, 4) is 11.6 Å². The van der Waals surface area contributed by atoms with Crippen LogP contribution in [0.3, 0.4) is 0 Å². The number of aliphatic hydroxyl groups excluding tert-OH is 1. The molecule has 0 radical (unpaired) electrons. The lowest BCUT2D eigenvalue weighted by atomic mass is 9.58. The predicted octanol–water partition coefficient (Wildman–Crippen LogP) is 10.8. The third kappa shape index (κ3) is 9.20. The highest BCUT2D eigenvalue weighted by atomic mass is 28.4. The van der Waals surface area contributed by atoms with E-state index in [-0.39, 0.29) is 89.6 Å². The topological polar surface area (TPSA) is 144 Å². The van der Waals surface area contributed by atoms with Crippen molar-refractivity contribution < 1.29 is 47.0 Å². The number of benzene rings is 1. The second kappa shape index (κ2) is 18.9. The SMILES string of the molecule is C=CCN1Cc2c(F)c3c(c(OCCCC)c2N(C(=O)OC(C)(C)C)C[C@H]1CC(C)C)C(=O)C1=C(O)[C@]2(O[Si](C)(C)C(C)(C)C)C(=O)c4c(OCCCC)noc4[C@@H](N(C)C)[C@@H]2C[C@@H]1C3. The standard InChI is InChI=1S/C50H75FN4O9Si/c1-16-19-22-60-42-36-32(38(51)33-28-54(21-18-3)31(24-29(4)5)27-55(39(33)42)47(59)62-48(6,7)8)25-30-26-34-40(53(12)13)43-37(46(52-63-43)61-23-20-17-2)45(58)50(34,44(57)35(30)41(36)56)64-65(14,15)49(9,10)11/h18,29-31,34,40,57H,3,16-17,19-28H2,1-2,4-15H3/t30-,31+,34-,40-,50-/m0/s1. The number of hydrogen-bond acceptors (Lipinski definition) is 12. The number of unbranched alkanes of at least 4 members (excludes halogenated alkanes) is 2. The Labute approximate surface area is 387 Å². The van der Waals surface area contributed by atoms with E-state index in [1.807, 2.05) is 45.9 Å². The third-order valence-corrected chi connectivity index (χ3v) is 18.4. The number of ether oxygens (including phenoxy) is 3. The minimum Gasteiger partial charge on any atom is -0.508 e. The summed E-state index contributed by atoms with van der Waals surface area (Å²) in [6, 6.07) is -0.875. The minimum absolute atomic E-state index is 0.0158. The number of Topliss-reactive ketones (excluding diaryl/α,β-unsaturated/α-hetero) is 2. The average Bonchev–Trinajstić information content (AvgIpc) is 3.53. The molecule has 15 heteroatoms. The Kier molecular flexibility index (Phi) is 14.7. The molecule has 1 aromatic carbocycles. The molecule has 0 unspecified atom stereocenters. The van der Waals surface area contributed by atoms with Crippen molar-refractivity contribution >= 4 is 31.7 Å². The zero-order valence-electron chi connectivity index (χ0n) is 41.5. The number of ketones is 2. The average molecular weight is 923 g/mol. The summed E-state index contributed by atoms with van der Waals surface area (Å²) in [5, 5.41) is 17.1. The van der Waals surface area contributed by atoms with Gasteiger partial charge in [-0.2, -0.15) is 0 Å². The van der Waals surface area contributed by atoms with Gasteiger partial charge in [0, 0.05) is 48.3 Å². The quantitative estimate of drug-likeness (QED) is 0.103. The molecule has 1 N–H and O–H groups in total. The van der Waals surface area contributed by atoms with Gasteiger partial charge in [-0.3, -0.25) is 24.3 Å². The summed E-state index contributed by atoms with van der Waals surface area (Å²) >= 11 is 0. The van der Waals surface area contributed by atoms with Gasteiger partial charge in [0.05, 0.1) is 30.5 Å². The Bertz CT molecular complexity index is 2190. The van der Waals surface area contributed by atoms with Gasteiger partial charge < -0.3 is 28.3 Å². The lowest BCUT2D eigenvalue weighted by Crippen LogP contribution is -2.65. The van der Waals surface area contributed by atoms with Crippen molar-refractivity contribution in [1.29, 1.82) is 0 Å².